The van der Waals surface area contributed by atoms with Gasteiger partial charge >= 0.3 is 6.09 Å². The number of amides is 1. The van der Waals surface area contributed by atoms with Crippen LogP contribution in [0, 0.1) is 5.92 Å². The summed E-state index contributed by atoms with van der Waals surface area (Å²) in [6.07, 6.45) is 8.26. The van der Waals surface area contributed by atoms with Crippen LogP contribution in [0.2, 0.25) is 0 Å². The van der Waals surface area contributed by atoms with Crippen LogP contribution in [-0.2, 0) is 4.74 Å². The lowest BCUT2D eigenvalue weighted by Gasteiger charge is -2.40. The number of aliphatic hydroxyl groups is 1. The van der Waals surface area contributed by atoms with E-state index in [1.54, 1.807) is 0 Å². The Balaban J connectivity index is 1.96. The summed E-state index contributed by atoms with van der Waals surface area (Å²) in [6.45, 7) is 9.48. The molecule has 0 aromatic rings. The lowest BCUT2D eigenvalue weighted by molar-refractivity contribution is 0.0132. The molecular weight excluding hydrogens is 316 g/mol. The highest BCUT2D eigenvalue weighted by molar-refractivity contribution is 5.69. The Labute approximate surface area is 153 Å². The third kappa shape index (κ3) is 6.14. The van der Waals surface area contributed by atoms with Crippen LogP contribution in [-0.4, -0.2) is 53.0 Å². The quantitative estimate of drug-likeness (QED) is 0.763. The first kappa shape index (κ1) is 20.5. The first-order chi connectivity index (χ1) is 11.8. The van der Waals surface area contributed by atoms with Crippen LogP contribution >= 0.6 is 0 Å². The number of hydrogen-bond donors (Lipinski definition) is 2. The molecule has 4 atom stereocenters. The van der Waals surface area contributed by atoms with Gasteiger partial charge in [0, 0.05) is 18.6 Å². The molecule has 2 aliphatic rings. The fourth-order valence-electron chi connectivity index (χ4n) is 4.30. The number of aliphatic hydroxyl groups excluding tert-OH is 1. The van der Waals surface area contributed by atoms with E-state index in [4.69, 9.17) is 4.74 Å². The van der Waals surface area contributed by atoms with Gasteiger partial charge in [0.2, 0.25) is 0 Å². The van der Waals surface area contributed by atoms with Crippen molar-refractivity contribution in [1.29, 1.82) is 0 Å². The van der Waals surface area contributed by atoms with Crippen molar-refractivity contribution < 1.29 is 14.6 Å². The first-order valence-corrected chi connectivity index (χ1v) is 10.2. The zero-order valence-electron chi connectivity index (χ0n) is 16.6. The van der Waals surface area contributed by atoms with Gasteiger partial charge in [-0.1, -0.05) is 19.8 Å². The summed E-state index contributed by atoms with van der Waals surface area (Å²) in [5.74, 6) is 0.502. The summed E-state index contributed by atoms with van der Waals surface area (Å²) in [5, 5.41) is 13.5. The van der Waals surface area contributed by atoms with E-state index < -0.39 is 5.60 Å². The van der Waals surface area contributed by atoms with Crippen LogP contribution in [0.4, 0.5) is 4.79 Å². The van der Waals surface area contributed by atoms with Gasteiger partial charge in [0.15, 0.2) is 0 Å². The molecular formula is C20H38N2O3. The van der Waals surface area contributed by atoms with Crippen molar-refractivity contribution in [3.05, 3.63) is 0 Å². The molecule has 0 bridgehead atoms. The van der Waals surface area contributed by atoms with E-state index >= 15 is 0 Å². The maximum atomic E-state index is 12.6. The largest absolute Gasteiger partial charge is 0.444 e. The van der Waals surface area contributed by atoms with Crippen LogP contribution in [0.15, 0.2) is 0 Å². The van der Waals surface area contributed by atoms with Gasteiger partial charge in [-0.2, -0.15) is 0 Å². The minimum Gasteiger partial charge on any atom is -0.444 e. The number of hydrogen-bond acceptors (Lipinski definition) is 4. The molecule has 1 aliphatic carbocycles. The standard InChI is InChI=1S/C20H38N2O3/c1-5-15(23)12-13-21-17-10-7-6-9-16(17)18-11-8-14-22(18)19(24)25-20(2,3)4/h15-18,21,23H,5-14H2,1-4H3. The molecule has 1 saturated heterocycles. The summed E-state index contributed by atoms with van der Waals surface area (Å²) < 4.78 is 5.64. The maximum Gasteiger partial charge on any atom is 0.410 e. The van der Waals surface area contributed by atoms with Gasteiger partial charge in [-0.3, -0.25) is 0 Å². The fourth-order valence-corrected chi connectivity index (χ4v) is 4.30. The maximum absolute atomic E-state index is 12.6. The lowest BCUT2D eigenvalue weighted by Crippen LogP contribution is -2.51. The van der Waals surface area contributed by atoms with E-state index in [1.807, 2.05) is 32.6 Å². The number of carbonyl (C=O) groups excluding carboxylic acids is 1. The molecule has 4 unspecified atom stereocenters. The second kappa shape index (κ2) is 9.22. The van der Waals surface area contributed by atoms with Crippen molar-refractivity contribution in [3.63, 3.8) is 0 Å². The summed E-state index contributed by atoms with van der Waals surface area (Å²) in [7, 11) is 0. The molecule has 1 amide bonds. The average Bonchev–Trinajstić information content (AvgIpc) is 3.03. The van der Waals surface area contributed by atoms with Gasteiger partial charge in [-0.25, -0.2) is 4.79 Å². The fraction of sp³-hybridized carbons (Fsp3) is 0.950. The smallest absolute Gasteiger partial charge is 0.410 e. The number of nitrogens with one attached hydrogen (secondary N) is 1. The molecule has 0 aromatic carbocycles. The number of rotatable bonds is 6. The molecule has 5 nitrogen and oxygen atoms in total. The van der Waals surface area contributed by atoms with Crippen LogP contribution in [0.25, 0.3) is 0 Å². The average molecular weight is 355 g/mol. The van der Waals surface area contributed by atoms with Crippen molar-refractivity contribution in [1.82, 2.24) is 10.2 Å². The Hall–Kier alpha value is -0.810. The Morgan fingerprint density at radius 1 is 1.24 bits per heavy atom. The molecule has 0 radical (unpaired) electrons. The second-order valence-electron chi connectivity index (χ2n) is 8.74. The molecule has 0 spiro atoms. The summed E-state index contributed by atoms with van der Waals surface area (Å²) in [6, 6.07) is 0.745. The number of likely N-dealkylation sites (tertiary alicyclic amines) is 1. The van der Waals surface area contributed by atoms with Crippen molar-refractivity contribution in [2.45, 2.75) is 103 Å². The number of carbonyl (C=O) groups is 1. The summed E-state index contributed by atoms with van der Waals surface area (Å²) >= 11 is 0. The minimum absolute atomic E-state index is 0.152. The van der Waals surface area contributed by atoms with Crippen molar-refractivity contribution in [2.24, 2.45) is 5.92 Å². The van der Waals surface area contributed by atoms with Gasteiger partial charge in [0.25, 0.3) is 0 Å². The van der Waals surface area contributed by atoms with E-state index in [0.717, 1.165) is 38.8 Å². The highest BCUT2D eigenvalue weighted by Gasteiger charge is 2.40. The van der Waals surface area contributed by atoms with E-state index in [2.05, 4.69) is 5.32 Å². The zero-order chi connectivity index (χ0) is 18.4. The Kier molecular flexibility index (Phi) is 7.56. The van der Waals surface area contributed by atoms with Crippen LogP contribution in [0.5, 0.6) is 0 Å². The van der Waals surface area contributed by atoms with Crippen LogP contribution in [0.3, 0.4) is 0 Å². The highest BCUT2D eigenvalue weighted by Crippen LogP contribution is 2.35. The van der Waals surface area contributed by atoms with Crippen molar-refractivity contribution in [2.75, 3.05) is 13.1 Å². The number of nitrogens with zero attached hydrogens (tertiary/aromatic N) is 1. The normalized spacial score (nSPS) is 28.8. The van der Waals surface area contributed by atoms with Crippen molar-refractivity contribution in [3.8, 4) is 0 Å². The van der Waals surface area contributed by atoms with Gasteiger partial charge in [-0.05, 0) is 71.8 Å². The van der Waals surface area contributed by atoms with E-state index in [1.165, 1.54) is 25.7 Å². The Morgan fingerprint density at radius 3 is 2.64 bits per heavy atom. The van der Waals surface area contributed by atoms with E-state index in [0.29, 0.717) is 18.0 Å². The third-order valence-corrected chi connectivity index (χ3v) is 5.60. The predicted octanol–water partition coefficient (Wildman–Crippen LogP) is 3.70. The molecule has 1 saturated carbocycles. The Morgan fingerprint density at radius 2 is 1.96 bits per heavy atom. The van der Waals surface area contributed by atoms with Crippen LogP contribution in [0.1, 0.15) is 79.1 Å². The molecule has 25 heavy (non-hydrogen) atoms. The molecule has 5 heteroatoms. The topological polar surface area (TPSA) is 61.8 Å². The molecule has 2 fully saturated rings. The molecule has 0 aromatic heterocycles. The molecule has 146 valence electrons. The lowest BCUT2D eigenvalue weighted by atomic mass is 9.79. The summed E-state index contributed by atoms with van der Waals surface area (Å²) in [4.78, 5) is 14.6. The van der Waals surface area contributed by atoms with Crippen molar-refractivity contribution >= 4 is 6.09 Å². The number of ether oxygens (including phenoxy) is 1. The monoisotopic (exact) mass is 354 g/mol. The molecule has 1 heterocycles. The molecule has 1 aliphatic heterocycles. The van der Waals surface area contributed by atoms with Crippen LogP contribution < -0.4 is 5.32 Å². The highest BCUT2D eigenvalue weighted by atomic mass is 16.6. The molecule has 2 rings (SSSR count). The summed E-state index contributed by atoms with van der Waals surface area (Å²) in [5.41, 5.74) is -0.440. The Bertz CT molecular complexity index is 422. The minimum atomic E-state index is -0.440. The van der Waals surface area contributed by atoms with Gasteiger partial charge in [-0.15, -0.1) is 0 Å². The van der Waals surface area contributed by atoms with E-state index in [9.17, 15) is 9.90 Å². The molecule has 2 N–H and O–H groups in total. The SMILES string of the molecule is CCC(O)CCNC1CCCCC1C1CCCN1C(=O)OC(C)(C)C. The van der Waals surface area contributed by atoms with Gasteiger partial charge in [0.1, 0.15) is 5.60 Å². The third-order valence-electron chi connectivity index (χ3n) is 5.60. The predicted molar refractivity (Wildman–Crippen MR) is 101 cm³/mol. The van der Waals surface area contributed by atoms with Gasteiger partial charge in [0.05, 0.1) is 6.10 Å². The van der Waals surface area contributed by atoms with E-state index in [-0.39, 0.29) is 12.2 Å². The second-order valence-corrected chi connectivity index (χ2v) is 8.74. The zero-order valence-corrected chi connectivity index (χ0v) is 16.6. The first-order valence-electron chi connectivity index (χ1n) is 10.2. The van der Waals surface area contributed by atoms with Gasteiger partial charge < -0.3 is 20.1 Å².